The monoisotopic (exact) mass is 237 g/mol. The second-order valence-electron chi connectivity index (χ2n) is 2.97. The van der Waals surface area contributed by atoms with Crippen LogP contribution < -0.4 is 5.73 Å². The molecule has 0 amide bonds. The van der Waals surface area contributed by atoms with Gasteiger partial charge in [-0.3, -0.25) is 0 Å². The van der Waals surface area contributed by atoms with Crippen molar-refractivity contribution in [1.82, 2.24) is 4.98 Å². The average molecular weight is 238 g/mol. The number of benzene rings is 1. The second-order valence-corrected chi connectivity index (χ2v) is 3.38. The number of nitriles is 1. The van der Waals surface area contributed by atoms with Crippen molar-refractivity contribution < 1.29 is 8.81 Å². The van der Waals surface area contributed by atoms with E-state index in [2.05, 4.69) is 4.98 Å². The molecular weight excluding hydrogens is 233 g/mol. The summed E-state index contributed by atoms with van der Waals surface area (Å²) in [7, 11) is 0. The molecule has 0 unspecified atom stereocenters. The second kappa shape index (κ2) is 3.83. The molecule has 1 aromatic heterocycles. The zero-order valence-electron chi connectivity index (χ0n) is 7.87. The van der Waals surface area contributed by atoms with Crippen LogP contribution in [0.1, 0.15) is 5.69 Å². The Kier molecular flexibility index (Phi) is 2.50. The minimum atomic E-state index is -0.464. The quantitative estimate of drug-likeness (QED) is 0.827. The van der Waals surface area contributed by atoms with Crippen molar-refractivity contribution in [3.8, 4) is 17.5 Å². The molecule has 2 aromatic rings. The Morgan fingerprint density at radius 3 is 2.81 bits per heavy atom. The molecule has 6 heteroatoms. The van der Waals surface area contributed by atoms with E-state index in [-0.39, 0.29) is 22.5 Å². The molecule has 0 saturated heterocycles. The van der Waals surface area contributed by atoms with E-state index in [0.29, 0.717) is 5.56 Å². The van der Waals surface area contributed by atoms with E-state index < -0.39 is 5.82 Å². The topological polar surface area (TPSA) is 75.8 Å². The summed E-state index contributed by atoms with van der Waals surface area (Å²) in [6, 6.07) is 5.52. The van der Waals surface area contributed by atoms with E-state index in [1.54, 1.807) is 6.07 Å². The molecule has 16 heavy (non-hydrogen) atoms. The van der Waals surface area contributed by atoms with Crippen molar-refractivity contribution in [3.05, 3.63) is 34.7 Å². The number of rotatable bonds is 1. The largest absolute Gasteiger partial charge is 0.419 e. The van der Waals surface area contributed by atoms with Crippen molar-refractivity contribution in [2.75, 3.05) is 5.73 Å². The summed E-state index contributed by atoms with van der Waals surface area (Å²) < 4.78 is 17.9. The van der Waals surface area contributed by atoms with Crippen LogP contribution in [0, 0.1) is 17.1 Å². The first-order chi connectivity index (χ1) is 7.61. The number of nitrogens with zero attached hydrogens (tertiary/aromatic N) is 2. The van der Waals surface area contributed by atoms with Crippen LogP contribution in [0.2, 0.25) is 5.02 Å². The van der Waals surface area contributed by atoms with E-state index in [4.69, 9.17) is 27.0 Å². The highest BCUT2D eigenvalue weighted by Crippen LogP contribution is 2.29. The standard InChI is InChI=1S/C10H5ClFN3O/c11-7-3-5(12)1-2-6(7)10-15-8(4-13)9(14)16-10/h1-3H,14H2. The first kappa shape index (κ1) is 10.5. The fraction of sp³-hybridized carbons (Fsp3) is 0. The third-order valence-electron chi connectivity index (χ3n) is 1.92. The summed E-state index contributed by atoms with van der Waals surface area (Å²) in [5, 5.41) is 8.79. The Labute approximate surface area is 95.1 Å². The van der Waals surface area contributed by atoms with Gasteiger partial charge in [-0.2, -0.15) is 10.2 Å². The maximum Gasteiger partial charge on any atom is 0.231 e. The number of oxazole rings is 1. The molecule has 0 aliphatic rings. The number of hydrogen-bond acceptors (Lipinski definition) is 4. The van der Waals surface area contributed by atoms with E-state index in [1.807, 2.05) is 0 Å². The Hall–Kier alpha value is -2.06. The number of nitrogen functional groups attached to an aromatic ring is 1. The van der Waals surface area contributed by atoms with E-state index >= 15 is 0 Å². The predicted octanol–water partition coefficient (Wildman–Crippen LogP) is 2.59. The molecule has 0 saturated carbocycles. The molecule has 0 bridgehead atoms. The van der Waals surface area contributed by atoms with Crippen LogP contribution in [0.5, 0.6) is 0 Å². The highest BCUT2D eigenvalue weighted by Gasteiger charge is 2.14. The van der Waals surface area contributed by atoms with Gasteiger partial charge in [0.25, 0.3) is 0 Å². The molecule has 80 valence electrons. The lowest BCUT2D eigenvalue weighted by Gasteiger charge is -1.98. The van der Waals surface area contributed by atoms with Crippen molar-refractivity contribution in [2.45, 2.75) is 0 Å². The van der Waals surface area contributed by atoms with Gasteiger partial charge in [0, 0.05) is 0 Å². The SMILES string of the molecule is N#Cc1nc(-c2ccc(F)cc2Cl)oc1N. The molecule has 1 aromatic carbocycles. The normalized spacial score (nSPS) is 10.1. The Morgan fingerprint density at radius 2 is 2.25 bits per heavy atom. The molecule has 1 heterocycles. The lowest BCUT2D eigenvalue weighted by atomic mass is 10.2. The van der Waals surface area contributed by atoms with Gasteiger partial charge in [-0.05, 0) is 18.2 Å². The van der Waals surface area contributed by atoms with Crippen molar-refractivity contribution in [3.63, 3.8) is 0 Å². The summed E-state index contributed by atoms with van der Waals surface area (Å²) in [6.07, 6.45) is 0. The first-order valence-electron chi connectivity index (χ1n) is 4.23. The number of aromatic nitrogens is 1. The van der Waals surface area contributed by atoms with E-state index in [0.717, 1.165) is 6.07 Å². The van der Waals surface area contributed by atoms with Crippen molar-refractivity contribution >= 4 is 17.5 Å². The van der Waals surface area contributed by atoms with Crippen LogP contribution in [-0.2, 0) is 0 Å². The first-order valence-corrected chi connectivity index (χ1v) is 4.61. The highest BCUT2D eigenvalue weighted by molar-refractivity contribution is 6.33. The molecule has 2 N–H and O–H groups in total. The Morgan fingerprint density at radius 1 is 1.50 bits per heavy atom. The summed E-state index contributed by atoms with van der Waals surface area (Å²) in [4.78, 5) is 3.83. The van der Waals surface area contributed by atoms with Crippen LogP contribution >= 0.6 is 11.6 Å². The molecular formula is C10H5ClFN3O. The minimum absolute atomic E-state index is 0.0182. The molecule has 0 fully saturated rings. The zero-order chi connectivity index (χ0) is 11.7. The molecule has 0 aliphatic carbocycles. The molecule has 0 spiro atoms. The maximum absolute atomic E-state index is 12.8. The number of nitrogens with two attached hydrogens (primary N) is 1. The smallest absolute Gasteiger partial charge is 0.231 e. The average Bonchev–Trinajstić information content (AvgIpc) is 2.59. The number of hydrogen-bond donors (Lipinski definition) is 1. The third kappa shape index (κ3) is 1.71. The summed E-state index contributed by atoms with van der Waals surface area (Å²) in [5.41, 5.74) is 5.77. The van der Waals surface area contributed by atoms with Crippen LogP contribution in [0.25, 0.3) is 11.5 Å². The van der Waals surface area contributed by atoms with Gasteiger partial charge in [0.15, 0.2) is 0 Å². The Balaban J connectivity index is 2.55. The van der Waals surface area contributed by atoms with Crippen LogP contribution in [0.15, 0.2) is 22.6 Å². The van der Waals surface area contributed by atoms with Crippen LogP contribution in [0.4, 0.5) is 10.3 Å². The fourth-order valence-corrected chi connectivity index (χ4v) is 1.44. The molecule has 0 radical (unpaired) electrons. The lowest BCUT2D eigenvalue weighted by Crippen LogP contribution is -1.84. The molecule has 0 aliphatic heterocycles. The third-order valence-corrected chi connectivity index (χ3v) is 2.23. The summed E-state index contributed by atoms with van der Waals surface area (Å²) in [6.45, 7) is 0. The van der Waals surface area contributed by atoms with Gasteiger partial charge in [0.05, 0.1) is 10.6 Å². The number of anilines is 1. The van der Waals surface area contributed by atoms with E-state index in [1.165, 1.54) is 12.1 Å². The van der Waals surface area contributed by atoms with Gasteiger partial charge in [0.2, 0.25) is 17.5 Å². The van der Waals surface area contributed by atoms with Crippen molar-refractivity contribution in [2.24, 2.45) is 0 Å². The molecule has 4 nitrogen and oxygen atoms in total. The lowest BCUT2D eigenvalue weighted by molar-refractivity contribution is 0.592. The van der Waals surface area contributed by atoms with Crippen LogP contribution in [-0.4, -0.2) is 4.98 Å². The predicted molar refractivity (Wildman–Crippen MR) is 56.0 cm³/mol. The van der Waals surface area contributed by atoms with Crippen LogP contribution in [0.3, 0.4) is 0 Å². The number of halogens is 2. The fourth-order valence-electron chi connectivity index (χ4n) is 1.19. The zero-order valence-corrected chi connectivity index (χ0v) is 8.62. The summed E-state index contributed by atoms with van der Waals surface area (Å²) >= 11 is 5.81. The molecule has 2 rings (SSSR count). The maximum atomic E-state index is 12.8. The molecule has 0 atom stereocenters. The van der Waals surface area contributed by atoms with Gasteiger partial charge in [0.1, 0.15) is 11.9 Å². The summed E-state index contributed by atoms with van der Waals surface area (Å²) in [5.74, 6) is -0.453. The van der Waals surface area contributed by atoms with Gasteiger partial charge in [-0.15, -0.1) is 0 Å². The van der Waals surface area contributed by atoms with Gasteiger partial charge < -0.3 is 10.2 Å². The van der Waals surface area contributed by atoms with Crippen molar-refractivity contribution in [1.29, 1.82) is 5.26 Å². The Bertz CT molecular complexity index is 588. The highest BCUT2D eigenvalue weighted by atomic mass is 35.5. The van der Waals surface area contributed by atoms with Gasteiger partial charge in [-0.25, -0.2) is 4.39 Å². The van der Waals surface area contributed by atoms with Gasteiger partial charge >= 0.3 is 0 Å². The van der Waals surface area contributed by atoms with E-state index in [9.17, 15) is 4.39 Å². The van der Waals surface area contributed by atoms with Gasteiger partial charge in [-0.1, -0.05) is 11.6 Å². The minimum Gasteiger partial charge on any atom is -0.419 e.